The molecule has 17 heavy (non-hydrogen) atoms. The molecule has 2 N–H and O–H groups in total. The van der Waals surface area contributed by atoms with Crippen LogP contribution in [0.1, 0.15) is 18.6 Å². The quantitative estimate of drug-likeness (QED) is 0.777. The number of carbonyl (C=O) groups excluding carboxylic acids is 1. The Hall–Kier alpha value is -1.33. The molecule has 1 aliphatic heterocycles. The standard InChI is InChI=1S/C12H18N2O3/c15-9-10-3-1-5-14(10)8-12(16)13-7-11-4-2-6-17-11/h2,4,6,10,15H,1,3,5,7-9H2,(H,13,16)/t10-/m0/s1. The van der Waals surface area contributed by atoms with Crippen molar-refractivity contribution >= 4 is 5.91 Å². The minimum atomic E-state index is -0.0262. The average Bonchev–Trinajstić information content (AvgIpc) is 2.97. The third-order valence-corrected chi connectivity index (χ3v) is 3.10. The summed E-state index contributed by atoms with van der Waals surface area (Å²) < 4.78 is 5.13. The zero-order valence-electron chi connectivity index (χ0n) is 9.76. The van der Waals surface area contributed by atoms with E-state index in [-0.39, 0.29) is 18.6 Å². The van der Waals surface area contributed by atoms with E-state index in [4.69, 9.17) is 9.52 Å². The van der Waals surface area contributed by atoms with Gasteiger partial charge in [0.25, 0.3) is 0 Å². The Bertz CT molecular complexity index is 351. The molecule has 5 nitrogen and oxygen atoms in total. The molecule has 1 aliphatic rings. The lowest BCUT2D eigenvalue weighted by Crippen LogP contribution is -2.40. The van der Waals surface area contributed by atoms with Crippen molar-refractivity contribution in [2.45, 2.75) is 25.4 Å². The molecule has 1 aromatic heterocycles. The highest BCUT2D eigenvalue weighted by molar-refractivity contribution is 5.78. The maximum Gasteiger partial charge on any atom is 0.234 e. The number of furan rings is 1. The van der Waals surface area contributed by atoms with Gasteiger partial charge in [-0.05, 0) is 31.5 Å². The fraction of sp³-hybridized carbons (Fsp3) is 0.583. The lowest BCUT2D eigenvalue weighted by atomic mass is 10.2. The van der Waals surface area contributed by atoms with Gasteiger partial charge in [0.05, 0.1) is 26.0 Å². The summed E-state index contributed by atoms with van der Waals surface area (Å²) >= 11 is 0. The van der Waals surface area contributed by atoms with E-state index in [0.717, 1.165) is 25.1 Å². The molecule has 94 valence electrons. The molecule has 0 unspecified atom stereocenters. The largest absolute Gasteiger partial charge is 0.467 e. The van der Waals surface area contributed by atoms with Crippen LogP contribution in [0.25, 0.3) is 0 Å². The van der Waals surface area contributed by atoms with Crippen molar-refractivity contribution in [3.05, 3.63) is 24.2 Å². The minimum absolute atomic E-state index is 0.0262. The van der Waals surface area contributed by atoms with E-state index in [1.807, 2.05) is 11.0 Å². The fourth-order valence-corrected chi connectivity index (χ4v) is 2.15. The van der Waals surface area contributed by atoms with Crippen LogP contribution >= 0.6 is 0 Å². The molecule has 1 aromatic rings. The summed E-state index contributed by atoms with van der Waals surface area (Å²) in [6.07, 6.45) is 3.61. The molecule has 2 rings (SSSR count). The maximum atomic E-state index is 11.7. The van der Waals surface area contributed by atoms with Crippen LogP contribution in [0.15, 0.2) is 22.8 Å². The first kappa shape index (κ1) is 12.1. The van der Waals surface area contributed by atoms with Gasteiger partial charge >= 0.3 is 0 Å². The number of nitrogens with one attached hydrogen (secondary N) is 1. The molecule has 0 radical (unpaired) electrons. The lowest BCUT2D eigenvalue weighted by molar-refractivity contribution is -0.122. The number of rotatable bonds is 5. The zero-order chi connectivity index (χ0) is 12.1. The minimum Gasteiger partial charge on any atom is -0.467 e. The van der Waals surface area contributed by atoms with Gasteiger partial charge in [0, 0.05) is 6.04 Å². The van der Waals surface area contributed by atoms with E-state index in [9.17, 15) is 4.79 Å². The molecule has 1 saturated heterocycles. The Kier molecular flexibility index (Phi) is 4.17. The Labute approximate surface area is 100 Å². The van der Waals surface area contributed by atoms with Crippen molar-refractivity contribution < 1.29 is 14.3 Å². The van der Waals surface area contributed by atoms with Gasteiger partial charge in [0.1, 0.15) is 5.76 Å². The highest BCUT2D eigenvalue weighted by atomic mass is 16.3. The van der Waals surface area contributed by atoms with Crippen LogP contribution in [0.3, 0.4) is 0 Å². The van der Waals surface area contributed by atoms with E-state index >= 15 is 0 Å². The van der Waals surface area contributed by atoms with Gasteiger partial charge in [-0.2, -0.15) is 0 Å². The Balaban J connectivity index is 1.73. The van der Waals surface area contributed by atoms with Crippen LogP contribution < -0.4 is 5.32 Å². The molecule has 1 atom stereocenters. The summed E-state index contributed by atoms with van der Waals surface area (Å²) in [5, 5.41) is 11.9. The van der Waals surface area contributed by atoms with Crippen LogP contribution in [-0.2, 0) is 11.3 Å². The van der Waals surface area contributed by atoms with Gasteiger partial charge in [0.2, 0.25) is 5.91 Å². The summed E-state index contributed by atoms with van der Waals surface area (Å²) in [6, 6.07) is 3.76. The first-order valence-corrected chi connectivity index (χ1v) is 5.93. The van der Waals surface area contributed by atoms with Gasteiger partial charge in [-0.25, -0.2) is 0 Å². The molecule has 1 fully saturated rings. The molecular formula is C12H18N2O3. The third-order valence-electron chi connectivity index (χ3n) is 3.10. The molecule has 0 spiro atoms. The third kappa shape index (κ3) is 3.31. The number of aliphatic hydroxyl groups excluding tert-OH is 1. The predicted molar refractivity (Wildman–Crippen MR) is 62.2 cm³/mol. The summed E-state index contributed by atoms with van der Waals surface area (Å²) in [5.41, 5.74) is 0. The topological polar surface area (TPSA) is 65.7 Å². The molecule has 0 bridgehead atoms. The molecule has 0 aromatic carbocycles. The average molecular weight is 238 g/mol. The van der Waals surface area contributed by atoms with Crippen LogP contribution in [0.5, 0.6) is 0 Å². The van der Waals surface area contributed by atoms with Crippen molar-refractivity contribution in [3.63, 3.8) is 0 Å². The number of hydrogen-bond acceptors (Lipinski definition) is 4. The van der Waals surface area contributed by atoms with Crippen molar-refractivity contribution in [1.29, 1.82) is 0 Å². The summed E-state index contributed by atoms with van der Waals surface area (Å²) in [6.45, 7) is 1.79. The first-order valence-electron chi connectivity index (χ1n) is 5.93. The van der Waals surface area contributed by atoms with E-state index in [1.54, 1.807) is 12.3 Å². The number of carbonyl (C=O) groups is 1. The molecular weight excluding hydrogens is 220 g/mol. The Morgan fingerprint density at radius 2 is 2.53 bits per heavy atom. The van der Waals surface area contributed by atoms with Crippen LogP contribution in [-0.4, -0.2) is 41.7 Å². The zero-order valence-corrected chi connectivity index (χ0v) is 9.76. The smallest absolute Gasteiger partial charge is 0.234 e. The predicted octanol–water partition coefficient (Wildman–Crippen LogP) is 0.353. The van der Waals surface area contributed by atoms with Crippen molar-refractivity contribution in [1.82, 2.24) is 10.2 Å². The monoisotopic (exact) mass is 238 g/mol. The summed E-state index contributed by atoms with van der Waals surface area (Å²) in [7, 11) is 0. The van der Waals surface area contributed by atoms with Crippen LogP contribution in [0.2, 0.25) is 0 Å². The molecule has 1 amide bonds. The van der Waals surface area contributed by atoms with E-state index in [1.165, 1.54) is 0 Å². The highest BCUT2D eigenvalue weighted by Crippen LogP contribution is 2.15. The van der Waals surface area contributed by atoms with Crippen molar-refractivity contribution in [3.8, 4) is 0 Å². The highest BCUT2D eigenvalue weighted by Gasteiger charge is 2.25. The maximum absolute atomic E-state index is 11.7. The van der Waals surface area contributed by atoms with Crippen LogP contribution in [0.4, 0.5) is 0 Å². The molecule has 0 aliphatic carbocycles. The fourth-order valence-electron chi connectivity index (χ4n) is 2.15. The van der Waals surface area contributed by atoms with Gasteiger partial charge < -0.3 is 14.8 Å². The van der Waals surface area contributed by atoms with Crippen LogP contribution in [0, 0.1) is 0 Å². The van der Waals surface area contributed by atoms with Crippen molar-refractivity contribution in [2.24, 2.45) is 0 Å². The SMILES string of the molecule is O=C(CN1CCC[C@H]1CO)NCc1ccco1. The summed E-state index contributed by atoms with van der Waals surface area (Å²) in [5.74, 6) is 0.722. The van der Waals surface area contributed by atoms with Gasteiger partial charge in [-0.1, -0.05) is 0 Å². The van der Waals surface area contributed by atoms with Gasteiger partial charge in [-0.15, -0.1) is 0 Å². The van der Waals surface area contributed by atoms with Gasteiger partial charge in [-0.3, -0.25) is 9.69 Å². The number of likely N-dealkylation sites (tertiary alicyclic amines) is 1. The lowest BCUT2D eigenvalue weighted by Gasteiger charge is -2.21. The van der Waals surface area contributed by atoms with E-state index < -0.39 is 0 Å². The molecule has 5 heteroatoms. The van der Waals surface area contributed by atoms with Crippen molar-refractivity contribution in [2.75, 3.05) is 19.7 Å². The number of hydrogen-bond donors (Lipinski definition) is 2. The number of aliphatic hydroxyl groups is 1. The Morgan fingerprint density at radius 3 is 3.24 bits per heavy atom. The Morgan fingerprint density at radius 1 is 1.65 bits per heavy atom. The van der Waals surface area contributed by atoms with E-state index in [0.29, 0.717) is 13.1 Å². The second-order valence-electron chi connectivity index (χ2n) is 4.31. The van der Waals surface area contributed by atoms with E-state index in [2.05, 4.69) is 5.32 Å². The first-order chi connectivity index (χ1) is 8.29. The second-order valence-corrected chi connectivity index (χ2v) is 4.31. The molecule has 2 heterocycles. The summed E-state index contributed by atoms with van der Waals surface area (Å²) in [4.78, 5) is 13.7. The second kappa shape index (κ2) is 5.84. The normalized spacial score (nSPS) is 20.6. The van der Waals surface area contributed by atoms with Gasteiger partial charge in [0.15, 0.2) is 0 Å². The number of amides is 1. The molecule has 0 saturated carbocycles. The number of nitrogens with zero attached hydrogens (tertiary/aromatic N) is 1.